The Morgan fingerprint density at radius 1 is 0.963 bits per heavy atom. The zero-order valence-electron chi connectivity index (χ0n) is 13.6. The van der Waals surface area contributed by atoms with Crippen LogP contribution in [-0.4, -0.2) is 13.0 Å². The molecule has 1 aromatic heterocycles. The maximum atomic E-state index is 14.1. The Balaban J connectivity index is 2.13. The lowest BCUT2D eigenvalue weighted by Gasteiger charge is -2.09. The predicted octanol–water partition coefficient (Wildman–Crippen LogP) is 4.23. The first-order chi connectivity index (χ1) is 12.9. The predicted molar refractivity (Wildman–Crippen MR) is 92.9 cm³/mol. The molecule has 4 nitrogen and oxygen atoms in total. The third-order valence-corrected chi connectivity index (χ3v) is 5.47. The fraction of sp³-hybridized carbons (Fsp3) is 0. The van der Waals surface area contributed by atoms with Gasteiger partial charge in [-0.1, -0.05) is 18.2 Å². The summed E-state index contributed by atoms with van der Waals surface area (Å²) in [5.41, 5.74) is -0.212. The number of allylic oxidation sites excluding steroid dienone is 1. The van der Waals surface area contributed by atoms with Gasteiger partial charge in [-0.05, 0) is 42.5 Å². The van der Waals surface area contributed by atoms with E-state index in [0.29, 0.717) is 0 Å². The minimum Gasteiger partial charge on any atom is -0.314 e. The van der Waals surface area contributed by atoms with Crippen LogP contribution >= 0.6 is 0 Å². The summed E-state index contributed by atoms with van der Waals surface area (Å²) in [4.78, 5) is -0.647. The van der Waals surface area contributed by atoms with Crippen LogP contribution in [0.4, 0.5) is 13.2 Å². The van der Waals surface area contributed by atoms with Crippen LogP contribution in [0.1, 0.15) is 5.69 Å². The molecule has 0 unspecified atom stereocenters. The Labute approximate surface area is 153 Å². The van der Waals surface area contributed by atoms with Crippen molar-refractivity contribution in [3.63, 3.8) is 0 Å². The fourth-order valence-corrected chi connectivity index (χ4v) is 3.63. The first-order valence-corrected chi connectivity index (χ1v) is 9.07. The monoisotopic (exact) mass is 388 g/mol. The highest BCUT2D eigenvalue weighted by molar-refractivity contribution is 7.95. The molecular formula is C19H11F3N2O2S. The van der Waals surface area contributed by atoms with Crippen molar-refractivity contribution in [3.05, 3.63) is 88.8 Å². The van der Waals surface area contributed by atoms with Crippen molar-refractivity contribution in [2.24, 2.45) is 0 Å². The van der Waals surface area contributed by atoms with E-state index in [2.05, 4.69) is 0 Å². The molecule has 0 N–H and O–H groups in total. The van der Waals surface area contributed by atoms with Gasteiger partial charge in [0, 0.05) is 11.9 Å². The SMILES string of the molecule is N#C/C(=C\c1cccn1-c1ccc(F)c(F)c1F)S(=O)(=O)c1ccccc1. The molecule has 0 aliphatic heterocycles. The summed E-state index contributed by atoms with van der Waals surface area (Å²) in [5.74, 6) is -4.41. The molecule has 3 rings (SSSR count). The summed E-state index contributed by atoms with van der Waals surface area (Å²) < 4.78 is 67.1. The first kappa shape index (κ1) is 18.5. The molecule has 0 bridgehead atoms. The highest BCUT2D eigenvalue weighted by Gasteiger charge is 2.22. The molecule has 0 atom stereocenters. The van der Waals surface area contributed by atoms with Gasteiger partial charge < -0.3 is 4.57 Å². The molecule has 0 aliphatic carbocycles. The lowest BCUT2D eigenvalue weighted by molar-refractivity contribution is 0.444. The molecule has 2 aromatic carbocycles. The van der Waals surface area contributed by atoms with Gasteiger partial charge in [0.15, 0.2) is 22.4 Å². The van der Waals surface area contributed by atoms with Crippen molar-refractivity contribution in [1.82, 2.24) is 4.57 Å². The average Bonchev–Trinajstić information content (AvgIpc) is 3.13. The van der Waals surface area contributed by atoms with Crippen LogP contribution < -0.4 is 0 Å². The van der Waals surface area contributed by atoms with Gasteiger partial charge in [-0.3, -0.25) is 0 Å². The smallest absolute Gasteiger partial charge is 0.216 e. The zero-order valence-corrected chi connectivity index (χ0v) is 14.4. The van der Waals surface area contributed by atoms with Crippen LogP contribution in [0.25, 0.3) is 11.8 Å². The summed E-state index contributed by atoms with van der Waals surface area (Å²) >= 11 is 0. The summed E-state index contributed by atoms with van der Waals surface area (Å²) in [7, 11) is -4.09. The van der Waals surface area contributed by atoms with Crippen LogP contribution in [-0.2, 0) is 9.84 Å². The summed E-state index contributed by atoms with van der Waals surface area (Å²) in [6.07, 6.45) is 2.38. The Morgan fingerprint density at radius 2 is 1.67 bits per heavy atom. The molecule has 0 saturated heterocycles. The van der Waals surface area contributed by atoms with Crippen molar-refractivity contribution >= 4 is 15.9 Å². The van der Waals surface area contributed by atoms with E-state index in [9.17, 15) is 26.9 Å². The Bertz CT molecular complexity index is 1180. The first-order valence-electron chi connectivity index (χ1n) is 7.59. The van der Waals surface area contributed by atoms with Crippen LogP contribution in [0.5, 0.6) is 0 Å². The molecule has 0 radical (unpaired) electrons. The van der Waals surface area contributed by atoms with Crippen molar-refractivity contribution < 1.29 is 21.6 Å². The molecule has 136 valence electrons. The van der Waals surface area contributed by atoms with E-state index in [1.54, 1.807) is 12.1 Å². The normalized spacial score (nSPS) is 12.0. The van der Waals surface area contributed by atoms with Gasteiger partial charge >= 0.3 is 0 Å². The lowest BCUT2D eigenvalue weighted by atomic mass is 10.2. The second-order valence-corrected chi connectivity index (χ2v) is 7.35. The third-order valence-electron chi connectivity index (χ3n) is 3.79. The molecular weight excluding hydrogens is 377 g/mol. The summed E-state index contributed by atoms with van der Waals surface area (Å²) in [6, 6.07) is 13.6. The standard InChI is InChI=1S/C19H11F3N2O2S/c20-16-8-9-17(19(22)18(16)21)24-10-4-5-13(24)11-15(12-23)27(25,26)14-6-2-1-3-7-14/h1-11H/b15-11+. The molecule has 27 heavy (non-hydrogen) atoms. The Hall–Kier alpha value is -3.31. The van der Waals surface area contributed by atoms with Crippen LogP contribution in [0.15, 0.2) is 70.6 Å². The molecule has 3 aromatic rings. The molecule has 0 spiro atoms. The van der Waals surface area contributed by atoms with E-state index in [4.69, 9.17) is 0 Å². The van der Waals surface area contributed by atoms with Crippen molar-refractivity contribution in [3.8, 4) is 11.8 Å². The Kier molecular flexibility index (Phi) is 4.88. The summed E-state index contributed by atoms with van der Waals surface area (Å²) in [5, 5.41) is 9.33. The van der Waals surface area contributed by atoms with Crippen LogP contribution in [0.2, 0.25) is 0 Å². The van der Waals surface area contributed by atoms with Gasteiger partial charge in [0.05, 0.1) is 10.6 Å². The van der Waals surface area contributed by atoms with E-state index in [-0.39, 0.29) is 16.3 Å². The number of benzene rings is 2. The number of sulfone groups is 1. The molecule has 1 heterocycles. The highest BCUT2D eigenvalue weighted by atomic mass is 32.2. The van der Waals surface area contributed by atoms with Crippen LogP contribution in [0.3, 0.4) is 0 Å². The largest absolute Gasteiger partial charge is 0.314 e. The van der Waals surface area contributed by atoms with Crippen molar-refractivity contribution in [2.45, 2.75) is 4.90 Å². The zero-order chi connectivity index (χ0) is 19.6. The number of nitrogens with zero attached hydrogens (tertiary/aromatic N) is 2. The Morgan fingerprint density at radius 3 is 2.33 bits per heavy atom. The average molecular weight is 388 g/mol. The third kappa shape index (κ3) is 3.37. The van der Waals surface area contributed by atoms with Gasteiger partial charge in [0.25, 0.3) is 0 Å². The fourth-order valence-electron chi connectivity index (χ4n) is 2.46. The molecule has 0 fully saturated rings. The second kappa shape index (κ2) is 7.13. The maximum absolute atomic E-state index is 14.1. The number of halogens is 3. The van der Waals surface area contributed by atoms with Gasteiger partial charge in [-0.2, -0.15) is 5.26 Å². The van der Waals surface area contributed by atoms with E-state index in [0.717, 1.165) is 22.8 Å². The van der Waals surface area contributed by atoms with Crippen molar-refractivity contribution in [1.29, 1.82) is 5.26 Å². The number of nitriles is 1. The van der Waals surface area contributed by atoms with E-state index >= 15 is 0 Å². The van der Waals surface area contributed by atoms with Gasteiger partial charge in [-0.15, -0.1) is 0 Å². The van der Waals surface area contributed by atoms with Crippen LogP contribution in [0, 0.1) is 28.8 Å². The number of hydrogen-bond donors (Lipinski definition) is 0. The van der Waals surface area contributed by atoms with Gasteiger partial charge in [0.1, 0.15) is 6.07 Å². The second-order valence-electron chi connectivity index (χ2n) is 5.43. The lowest BCUT2D eigenvalue weighted by Crippen LogP contribution is -2.06. The van der Waals surface area contributed by atoms with E-state index in [1.165, 1.54) is 42.6 Å². The minimum absolute atomic E-state index is 0.0742. The molecule has 0 saturated carbocycles. The molecule has 8 heteroatoms. The minimum atomic E-state index is -4.09. The summed E-state index contributed by atoms with van der Waals surface area (Å²) in [6.45, 7) is 0. The molecule has 0 amide bonds. The number of rotatable bonds is 4. The van der Waals surface area contributed by atoms with Gasteiger partial charge in [-0.25, -0.2) is 21.6 Å². The number of hydrogen-bond acceptors (Lipinski definition) is 3. The molecule has 0 aliphatic rings. The maximum Gasteiger partial charge on any atom is 0.216 e. The van der Waals surface area contributed by atoms with Gasteiger partial charge in [0.2, 0.25) is 9.84 Å². The highest BCUT2D eigenvalue weighted by Crippen LogP contribution is 2.25. The van der Waals surface area contributed by atoms with Crippen molar-refractivity contribution in [2.75, 3.05) is 0 Å². The number of aromatic nitrogens is 1. The van der Waals surface area contributed by atoms with E-state index < -0.39 is 32.2 Å². The van der Waals surface area contributed by atoms with E-state index in [1.807, 2.05) is 0 Å². The topological polar surface area (TPSA) is 62.9 Å². The quantitative estimate of drug-likeness (QED) is 0.496.